The van der Waals surface area contributed by atoms with Crippen LogP contribution in [0.3, 0.4) is 0 Å². The zero-order valence-corrected chi connectivity index (χ0v) is 8.93. The molecule has 0 aliphatic rings. The van der Waals surface area contributed by atoms with Crippen LogP contribution in [-0.4, -0.2) is 10.8 Å². The van der Waals surface area contributed by atoms with Crippen LogP contribution in [0.15, 0.2) is 35.1 Å². The maximum atomic E-state index is 11.9. The van der Waals surface area contributed by atoms with Gasteiger partial charge in [-0.15, -0.1) is 0 Å². The van der Waals surface area contributed by atoms with Gasteiger partial charge >= 0.3 is 0 Å². The van der Waals surface area contributed by atoms with E-state index in [0.29, 0.717) is 17.1 Å². The number of hydrogen-bond donors (Lipinski definition) is 1. The number of nitrogens with two attached hydrogens (primary N) is 1. The number of aryl methyl sites for hydroxylation is 1. The minimum Gasteiger partial charge on any atom is -0.469 e. The highest BCUT2D eigenvalue weighted by Gasteiger charge is 2.13. The Kier molecular flexibility index (Phi) is 2.72. The van der Waals surface area contributed by atoms with Crippen LogP contribution in [0, 0.1) is 6.92 Å². The smallest absolute Gasteiger partial charge is 0.170 e. The van der Waals surface area contributed by atoms with Gasteiger partial charge in [0, 0.05) is 18.2 Å². The Hall–Kier alpha value is -2.10. The Morgan fingerprint density at radius 1 is 1.50 bits per heavy atom. The van der Waals surface area contributed by atoms with Crippen LogP contribution in [0.1, 0.15) is 21.7 Å². The standard InChI is InChI=1S/C12H12N2O2/c1-8-10(4-6-16-8)11(15)7-9-3-2-5-14-12(9)13/h2-6H,7H2,1H3,(H2,13,14). The molecule has 0 spiro atoms. The highest BCUT2D eigenvalue weighted by atomic mass is 16.3. The zero-order valence-electron chi connectivity index (χ0n) is 8.93. The molecule has 0 bridgehead atoms. The molecule has 2 N–H and O–H groups in total. The van der Waals surface area contributed by atoms with Gasteiger partial charge in [-0.05, 0) is 19.1 Å². The molecular weight excluding hydrogens is 204 g/mol. The lowest BCUT2D eigenvalue weighted by Crippen LogP contribution is -2.06. The molecule has 0 radical (unpaired) electrons. The van der Waals surface area contributed by atoms with Crippen molar-refractivity contribution in [1.82, 2.24) is 4.98 Å². The van der Waals surface area contributed by atoms with Gasteiger partial charge in [-0.1, -0.05) is 6.07 Å². The van der Waals surface area contributed by atoms with E-state index in [9.17, 15) is 4.79 Å². The molecule has 4 heteroatoms. The summed E-state index contributed by atoms with van der Waals surface area (Å²) >= 11 is 0. The van der Waals surface area contributed by atoms with Gasteiger partial charge in [0.05, 0.1) is 11.8 Å². The molecular formula is C12H12N2O2. The van der Waals surface area contributed by atoms with E-state index in [1.54, 1.807) is 31.3 Å². The summed E-state index contributed by atoms with van der Waals surface area (Å²) < 4.78 is 5.09. The molecule has 2 heterocycles. The first-order chi connectivity index (χ1) is 7.68. The van der Waals surface area contributed by atoms with E-state index in [-0.39, 0.29) is 12.2 Å². The molecule has 0 saturated heterocycles. The number of anilines is 1. The number of pyridine rings is 1. The predicted octanol–water partition coefficient (Wildman–Crippen LogP) is 1.99. The Morgan fingerprint density at radius 3 is 2.94 bits per heavy atom. The van der Waals surface area contributed by atoms with E-state index in [1.165, 1.54) is 6.26 Å². The van der Waals surface area contributed by atoms with Crippen molar-refractivity contribution in [3.05, 3.63) is 47.5 Å². The van der Waals surface area contributed by atoms with Crippen molar-refractivity contribution in [3.63, 3.8) is 0 Å². The minimum absolute atomic E-state index is 0.00838. The molecule has 2 aromatic rings. The predicted molar refractivity (Wildman–Crippen MR) is 60.1 cm³/mol. The lowest BCUT2D eigenvalue weighted by atomic mass is 10.0. The first-order valence-electron chi connectivity index (χ1n) is 4.95. The maximum Gasteiger partial charge on any atom is 0.170 e. The monoisotopic (exact) mass is 216 g/mol. The first-order valence-corrected chi connectivity index (χ1v) is 4.95. The number of nitrogens with zero attached hydrogens (tertiary/aromatic N) is 1. The second-order valence-corrected chi connectivity index (χ2v) is 3.54. The normalized spacial score (nSPS) is 10.3. The molecule has 0 amide bonds. The SMILES string of the molecule is Cc1occc1C(=O)Cc1cccnc1N. The van der Waals surface area contributed by atoms with Gasteiger partial charge in [0.25, 0.3) is 0 Å². The third kappa shape index (κ3) is 1.95. The van der Waals surface area contributed by atoms with Gasteiger partial charge < -0.3 is 10.2 Å². The van der Waals surface area contributed by atoms with Crippen molar-refractivity contribution >= 4 is 11.6 Å². The van der Waals surface area contributed by atoms with Crippen molar-refractivity contribution in [2.75, 3.05) is 5.73 Å². The fourth-order valence-corrected chi connectivity index (χ4v) is 1.54. The molecule has 0 aromatic carbocycles. The molecule has 2 rings (SSSR count). The number of carbonyl (C=O) groups excluding carboxylic acids is 1. The second kappa shape index (κ2) is 4.18. The summed E-state index contributed by atoms with van der Waals surface area (Å²) in [5.41, 5.74) is 7.02. The molecule has 0 aliphatic heterocycles. The molecule has 0 aliphatic carbocycles. The summed E-state index contributed by atoms with van der Waals surface area (Å²) in [7, 11) is 0. The molecule has 16 heavy (non-hydrogen) atoms. The molecule has 82 valence electrons. The molecule has 0 fully saturated rings. The summed E-state index contributed by atoms with van der Waals surface area (Å²) in [4.78, 5) is 15.8. The van der Waals surface area contributed by atoms with Crippen LogP contribution in [0.5, 0.6) is 0 Å². The summed E-state index contributed by atoms with van der Waals surface area (Å²) in [6.45, 7) is 1.76. The quantitative estimate of drug-likeness (QED) is 0.796. The van der Waals surface area contributed by atoms with Crippen LogP contribution < -0.4 is 5.73 Å². The number of ketones is 1. The summed E-state index contributed by atoms with van der Waals surface area (Å²) in [5, 5.41) is 0. The Morgan fingerprint density at radius 2 is 2.31 bits per heavy atom. The van der Waals surface area contributed by atoms with Crippen LogP contribution in [0.2, 0.25) is 0 Å². The molecule has 0 atom stereocenters. The number of carbonyl (C=O) groups is 1. The number of hydrogen-bond acceptors (Lipinski definition) is 4. The van der Waals surface area contributed by atoms with Gasteiger partial charge in [-0.25, -0.2) is 4.98 Å². The van der Waals surface area contributed by atoms with Gasteiger partial charge in [0.1, 0.15) is 11.6 Å². The molecule has 4 nitrogen and oxygen atoms in total. The van der Waals surface area contributed by atoms with Gasteiger partial charge in [0.15, 0.2) is 5.78 Å². The second-order valence-electron chi connectivity index (χ2n) is 3.54. The van der Waals surface area contributed by atoms with E-state index in [4.69, 9.17) is 10.2 Å². The summed E-state index contributed by atoms with van der Waals surface area (Å²) in [5.74, 6) is 1.02. The fraction of sp³-hybridized carbons (Fsp3) is 0.167. The summed E-state index contributed by atoms with van der Waals surface area (Å²) in [6, 6.07) is 5.24. The number of furan rings is 1. The largest absolute Gasteiger partial charge is 0.469 e. The zero-order chi connectivity index (χ0) is 11.5. The Balaban J connectivity index is 2.21. The number of nitrogen functional groups attached to an aromatic ring is 1. The number of rotatable bonds is 3. The van der Waals surface area contributed by atoms with Gasteiger partial charge in [-0.3, -0.25) is 4.79 Å². The van der Waals surface area contributed by atoms with Crippen molar-refractivity contribution in [2.24, 2.45) is 0 Å². The van der Waals surface area contributed by atoms with Crippen molar-refractivity contribution in [2.45, 2.75) is 13.3 Å². The average molecular weight is 216 g/mol. The Labute approximate surface area is 93.1 Å². The average Bonchev–Trinajstić information content (AvgIpc) is 2.68. The number of Topliss-reactive ketones (excluding diaryl/α,β-unsaturated/α-hetero) is 1. The highest BCUT2D eigenvalue weighted by molar-refractivity contribution is 5.98. The van der Waals surface area contributed by atoms with Gasteiger partial charge in [-0.2, -0.15) is 0 Å². The Bertz CT molecular complexity index is 517. The lowest BCUT2D eigenvalue weighted by molar-refractivity contribution is 0.0991. The fourth-order valence-electron chi connectivity index (χ4n) is 1.54. The van der Waals surface area contributed by atoms with Crippen molar-refractivity contribution in [1.29, 1.82) is 0 Å². The third-order valence-electron chi connectivity index (χ3n) is 2.44. The van der Waals surface area contributed by atoms with Crippen molar-refractivity contribution in [3.8, 4) is 0 Å². The van der Waals surface area contributed by atoms with E-state index in [1.807, 2.05) is 0 Å². The number of aromatic nitrogens is 1. The molecule has 0 unspecified atom stereocenters. The van der Waals surface area contributed by atoms with E-state index < -0.39 is 0 Å². The van der Waals surface area contributed by atoms with Crippen LogP contribution in [-0.2, 0) is 6.42 Å². The summed E-state index contributed by atoms with van der Waals surface area (Å²) in [6.07, 6.45) is 3.36. The molecule has 2 aromatic heterocycles. The third-order valence-corrected chi connectivity index (χ3v) is 2.44. The first kappa shape index (κ1) is 10.4. The van der Waals surface area contributed by atoms with Crippen LogP contribution >= 0.6 is 0 Å². The van der Waals surface area contributed by atoms with E-state index >= 15 is 0 Å². The minimum atomic E-state index is -0.00838. The maximum absolute atomic E-state index is 11.9. The van der Waals surface area contributed by atoms with E-state index in [2.05, 4.69) is 4.98 Å². The lowest BCUT2D eigenvalue weighted by Gasteiger charge is -2.02. The topological polar surface area (TPSA) is 69.1 Å². The highest BCUT2D eigenvalue weighted by Crippen LogP contribution is 2.15. The van der Waals surface area contributed by atoms with Crippen LogP contribution in [0.25, 0.3) is 0 Å². The van der Waals surface area contributed by atoms with Gasteiger partial charge in [0.2, 0.25) is 0 Å². The van der Waals surface area contributed by atoms with E-state index in [0.717, 1.165) is 5.56 Å². The molecule has 0 saturated carbocycles. The van der Waals surface area contributed by atoms with Crippen molar-refractivity contribution < 1.29 is 9.21 Å². The van der Waals surface area contributed by atoms with Crippen LogP contribution in [0.4, 0.5) is 5.82 Å².